The van der Waals surface area contributed by atoms with Crippen molar-refractivity contribution >= 4 is 23.2 Å². The Hall–Kier alpha value is -3.10. The number of nitrogens with two attached hydrogens (primary N) is 1. The van der Waals surface area contributed by atoms with Crippen LogP contribution < -0.4 is 11.1 Å². The minimum Gasteiger partial charge on any atom is -0.399 e. The molecule has 0 fully saturated rings. The van der Waals surface area contributed by atoms with E-state index in [0.717, 1.165) is 0 Å². The summed E-state index contributed by atoms with van der Waals surface area (Å²) in [6.45, 7) is 3.44. The fourth-order valence-corrected chi connectivity index (χ4v) is 1.57. The normalized spacial score (nSPS) is 10.2. The van der Waals surface area contributed by atoms with E-state index >= 15 is 0 Å². The van der Waals surface area contributed by atoms with E-state index in [4.69, 9.17) is 5.73 Å². The number of carbonyl (C=O) groups is 1. The Morgan fingerprint density at radius 1 is 1.29 bits per heavy atom. The number of carbonyl (C=O) groups excluding carboxylic acids is 1. The van der Waals surface area contributed by atoms with Crippen LogP contribution in [-0.2, 0) is 0 Å². The van der Waals surface area contributed by atoms with Crippen LogP contribution in [0.4, 0.5) is 17.3 Å². The standard InChI is InChI=1S/C12H12N6O3/c1-6-7(2)16-17-12(14-6)15-11(19)9-5-8(13)3-4-10(9)18(20)21/h3-5H,13H2,1-2H3,(H,14,15,17,19). The number of hydrogen-bond acceptors (Lipinski definition) is 7. The van der Waals surface area contributed by atoms with Crippen LogP contribution in [0.2, 0.25) is 0 Å². The number of aryl methyl sites for hydroxylation is 2. The Balaban J connectivity index is 2.34. The summed E-state index contributed by atoms with van der Waals surface area (Å²) in [6.07, 6.45) is 0. The van der Waals surface area contributed by atoms with Gasteiger partial charge in [0.1, 0.15) is 5.56 Å². The summed E-state index contributed by atoms with van der Waals surface area (Å²) in [5, 5.41) is 20.8. The van der Waals surface area contributed by atoms with E-state index in [0.29, 0.717) is 11.4 Å². The van der Waals surface area contributed by atoms with Gasteiger partial charge in [-0.3, -0.25) is 20.2 Å². The minimum atomic E-state index is -0.723. The fourth-order valence-electron chi connectivity index (χ4n) is 1.57. The first-order valence-corrected chi connectivity index (χ1v) is 5.91. The number of rotatable bonds is 3. The molecule has 0 spiro atoms. The van der Waals surface area contributed by atoms with Gasteiger partial charge in [0.05, 0.1) is 16.3 Å². The topological polar surface area (TPSA) is 137 Å². The molecule has 0 radical (unpaired) electrons. The number of nitrogens with one attached hydrogen (secondary N) is 1. The van der Waals surface area contributed by atoms with Gasteiger partial charge in [-0.2, -0.15) is 5.10 Å². The van der Waals surface area contributed by atoms with Gasteiger partial charge < -0.3 is 5.73 Å². The first-order valence-electron chi connectivity index (χ1n) is 5.91. The van der Waals surface area contributed by atoms with E-state index in [1.54, 1.807) is 13.8 Å². The number of nitrogens with zero attached hydrogens (tertiary/aromatic N) is 4. The van der Waals surface area contributed by atoms with E-state index in [-0.39, 0.29) is 22.9 Å². The van der Waals surface area contributed by atoms with Crippen LogP contribution in [0.25, 0.3) is 0 Å². The van der Waals surface area contributed by atoms with Crippen molar-refractivity contribution in [2.24, 2.45) is 0 Å². The molecule has 1 aromatic carbocycles. The predicted octanol–water partition coefficient (Wildman–Crippen LogP) is 1.23. The molecule has 3 N–H and O–H groups in total. The maximum atomic E-state index is 12.1. The summed E-state index contributed by atoms with van der Waals surface area (Å²) in [5.74, 6) is -0.751. The van der Waals surface area contributed by atoms with Gasteiger partial charge in [0.15, 0.2) is 0 Å². The number of amides is 1. The lowest BCUT2D eigenvalue weighted by atomic mass is 10.1. The number of anilines is 2. The second-order valence-corrected chi connectivity index (χ2v) is 4.29. The predicted molar refractivity (Wildman–Crippen MR) is 74.8 cm³/mol. The highest BCUT2D eigenvalue weighted by molar-refractivity contribution is 6.06. The number of hydrogen-bond donors (Lipinski definition) is 2. The average molecular weight is 288 g/mol. The van der Waals surface area contributed by atoms with E-state index < -0.39 is 10.8 Å². The van der Waals surface area contributed by atoms with Crippen molar-refractivity contribution in [1.82, 2.24) is 15.2 Å². The largest absolute Gasteiger partial charge is 0.399 e. The molecule has 0 aliphatic heterocycles. The van der Waals surface area contributed by atoms with Crippen LogP contribution in [0.3, 0.4) is 0 Å². The molecule has 9 heteroatoms. The summed E-state index contributed by atoms with van der Waals surface area (Å²) in [4.78, 5) is 26.4. The van der Waals surface area contributed by atoms with Crippen molar-refractivity contribution in [3.05, 3.63) is 45.3 Å². The first-order chi connectivity index (χ1) is 9.88. The molecule has 2 rings (SSSR count). The number of aromatic nitrogens is 3. The summed E-state index contributed by atoms with van der Waals surface area (Å²) in [6, 6.07) is 3.74. The Kier molecular flexibility index (Phi) is 3.74. The number of nitro groups is 1. The molecular formula is C12H12N6O3. The van der Waals surface area contributed by atoms with Gasteiger partial charge in [-0.15, -0.1) is 5.10 Å². The molecule has 1 aromatic heterocycles. The van der Waals surface area contributed by atoms with Crippen molar-refractivity contribution < 1.29 is 9.72 Å². The first kappa shape index (κ1) is 14.3. The molecule has 1 amide bonds. The van der Waals surface area contributed by atoms with E-state index in [2.05, 4.69) is 20.5 Å². The Morgan fingerprint density at radius 3 is 2.62 bits per heavy atom. The maximum absolute atomic E-state index is 12.1. The lowest BCUT2D eigenvalue weighted by Gasteiger charge is -2.06. The average Bonchev–Trinajstić information content (AvgIpc) is 2.42. The quantitative estimate of drug-likeness (QED) is 0.492. The number of nitrogen functional groups attached to an aromatic ring is 1. The third-order valence-electron chi connectivity index (χ3n) is 2.78. The fraction of sp³-hybridized carbons (Fsp3) is 0.167. The second kappa shape index (κ2) is 5.49. The molecule has 0 saturated carbocycles. The summed E-state index contributed by atoms with van der Waals surface area (Å²) in [7, 11) is 0. The molecule has 9 nitrogen and oxygen atoms in total. The van der Waals surface area contributed by atoms with Crippen LogP contribution in [0, 0.1) is 24.0 Å². The van der Waals surface area contributed by atoms with Gasteiger partial charge in [0, 0.05) is 11.8 Å². The molecular weight excluding hydrogens is 276 g/mol. The Labute approximate surface area is 119 Å². The van der Waals surface area contributed by atoms with Crippen LogP contribution in [-0.4, -0.2) is 26.0 Å². The van der Waals surface area contributed by atoms with Crippen LogP contribution >= 0.6 is 0 Å². The smallest absolute Gasteiger partial charge is 0.282 e. The van der Waals surface area contributed by atoms with Crippen LogP contribution in [0.15, 0.2) is 18.2 Å². The van der Waals surface area contributed by atoms with Gasteiger partial charge >= 0.3 is 0 Å². The van der Waals surface area contributed by atoms with E-state index in [1.165, 1.54) is 18.2 Å². The van der Waals surface area contributed by atoms with Gasteiger partial charge in [0.2, 0.25) is 5.95 Å². The lowest BCUT2D eigenvalue weighted by Crippen LogP contribution is -2.17. The molecule has 0 aliphatic carbocycles. The van der Waals surface area contributed by atoms with Crippen molar-refractivity contribution in [3.8, 4) is 0 Å². The summed E-state index contributed by atoms with van der Waals surface area (Å²) < 4.78 is 0. The van der Waals surface area contributed by atoms with Crippen molar-refractivity contribution in [2.75, 3.05) is 11.1 Å². The molecule has 108 valence electrons. The van der Waals surface area contributed by atoms with Crippen molar-refractivity contribution in [3.63, 3.8) is 0 Å². The van der Waals surface area contributed by atoms with E-state index in [1.807, 2.05) is 0 Å². The third-order valence-corrected chi connectivity index (χ3v) is 2.78. The number of nitro benzene ring substituents is 1. The van der Waals surface area contributed by atoms with Crippen molar-refractivity contribution in [2.45, 2.75) is 13.8 Å². The monoisotopic (exact) mass is 288 g/mol. The molecule has 0 saturated heterocycles. The van der Waals surface area contributed by atoms with Crippen molar-refractivity contribution in [1.29, 1.82) is 0 Å². The molecule has 0 atom stereocenters. The molecule has 1 heterocycles. The van der Waals surface area contributed by atoms with Gasteiger partial charge in [0.25, 0.3) is 11.6 Å². The summed E-state index contributed by atoms with van der Waals surface area (Å²) >= 11 is 0. The maximum Gasteiger partial charge on any atom is 0.282 e. The van der Waals surface area contributed by atoms with Gasteiger partial charge in [-0.1, -0.05) is 0 Å². The highest BCUT2D eigenvalue weighted by atomic mass is 16.6. The number of benzene rings is 1. The van der Waals surface area contributed by atoms with Crippen LogP contribution in [0.5, 0.6) is 0 Å². The zero-order valence-corrected chi connectivity index (χ0v) is 11.3. The minimum absolute atomic E-state index is 0.0279. The molecule has 2 aromatic rings. The highest BCUT2D eigenvalue weighted by Gasteiger charge is 2.21. The second-order valence-electron chi connectivity index (χ2n) is 4.29. The highest BCUT2D eigenvalue weighted by Crippen LogP contribution is 2.22. The lowest BCUT2D eigenvalue weighted by molar-refractivity contribution is -0.385. The zero-order valence-electron chi connectivity index (χ0n) is 11.3. The molecule has 0 bridgehead atoms. The zero-order chi connectivity index (χ0) is 15.6. The van der Waals surface area contributed by atoms with Gasteiger partial charge in [-0.05, 0) is 26.0 Å². The van der Waals surface area contributed by atoms with Crippen LogP contribution in [0.1, 0.15) is 21.7 Å². The molecule has 0 aliphatic rings. The Morgan fingerprint density at radius 2 is 2.00 bits per heavy atom. The molecule has 0 unspecified atom stereocenters. The molecule has 21 heavy (non-hydrogen) atoms. The SMILES string of the molecule is Cc1nnc(NC(=O)c2cc(N)ccc2[N+](=O)[O-])nc1C. The van der Waals surface area contributed by atoms with Gasteiger partial charge in [-0.25, -0.2) is 4.98 Å². The Bertz CT molecular complexity index is 731. The van der Waals surface area contributed by atoms with E-state index in [9.17, 15) is 14.9 Å². The third kappa shape index (κ3) is 3.08. The summed E-state index contributed by atoms with van der Waals surface area (Å²) in [5.41, 5.74) is 6.51.